The lowest BCUT2D eigenvalue weighted by molar-refractivity contribution is -0.641. The molecule has 28 heteroatoms. The standard InChI is InChI=1S/C13H2F27N/c14-1(15,5(22,23)9(30,31)12(35,36)37)3(18,19)7(26,27)11(34,41)8(28,29)4(20,21)2(16,17)6(24,25)10(32,33)13(38,39)40/h41H2/p+1. The number of hydrogen-bond donors (Lipinski definition) is 1. The summed E-state index contributed by atoms with van der Waals surface area (Å²) < 4.78 is 351. The van der Waals surface area contributed by atoms with Crippen LogP contribution in [0.3, 0.4) is 0 Å². The van der Waals surface area contributed by atoms with Gasteiger partial charge in [-0.15, -0.1) is 0 Å². The maximum Gasteiger partial charge on any atom is 0.460 e. The summed E-state index contributed by atoms with van der Waals surface area (Å²) in [6.45, 7) is 0. The molecule has 1 nitrogen and oxygen atoms in total. The first kappa shape index (κ1) is 39.1. The highest BCUT2D eigenvalue weighted by Gasteiger charge is 3.00. The van der Waals surface area contributed by atoms with Gasteiger partial charge in [-0.2, -0.15) is 119 Å². The first-order valence-corrected chi connectivity index (χ1v) is 8.46. The molecule has 248 valence electrons. The molecular formula is C13H3F27N+. The minimum atomic E-state index is -9.37. The van der Waals surface area contributed by atoms with Gasteiger partial charge >= 0.3 is 77.4 Å². The van der Waals surface area contributed by atoms with E-state index < -0.39 is 77.4 Å². The normalized spacial score (nSPS) is 17.3. The van der Waals surface area contributed by atoms with Crippen LogP contribution in [0.5, 0.6) is 0 Å². The summed E-state index contributed by atoms with van der Waals surface area (Å²) in [5.74, 6) is -99.8. The maximum atomic E-state index is 14.0. The molecule has 3 N–H and O–H groups in total. The van der Waals surface area contributed by atoms with E-state index in [2.05, 4.69) is 0 Å². The average molecular weight is 686 g/mol. The third-order valence-electron chi connectivity index (χ3n) is 4.86. The largest absolute Gasteiger partial charge is 0.460 e. The van der Waals surface area contributed by atoms with Gasteiger partial charge in [0, 0.05) is 0 Å². The predicted molar refractivity (Wildman–Crippen MR) is 68.3 cm³/mol. The van der Waals surface area contributed by atoms with Crippen LogP contribution < -0.4 is 5.73 Å². The van der Waals surface area contributed by atoms with Crippen LogP contribution in [0.1, 0.15) is 0 Å². The molecule has 0 unspecified atom stereocenters. The summed E-state index contributed by atoms with van der Waals surface area (Å²) in [5, 5.41) is 0. The first-order valence-electron chi connectivity index (χ1n) is 8.46. The molecule has 0 aliphatic rings. The molecule has 0 aromatic carbocycles. The molecule has 0 aliphatic carbocycles. The zero-order chi connectivity index (χ0) is 34.5. The molecule has 0 spiro atoms. The summed E-state index contributed by atoms with van der Waals surface area (Å²) >= 11 is 0. The first-order chi connectivity index (χ1) is 17.0. The van der Waals surface area contributed by atoms with E-state index in [1.165, 1.54) is 0 Å². The molecule has 0 aromatic rings. The van der Waals surface area contributed by atoms with Crippen molar-refractivity contribution in [3.8, 4) is 0 Å². The number of alkyl halides is 27. The van der Waals surface area contributed by atoms with E-state index in [1.54, 1.807) is 0 Å². The minimum absolute atomic E-state index is 0.156. The van der Waals surface area contributed by atoms with Gasteiger partial charge in [-0.05, 0) is 0 Å². The molecule has 0 aromatic heterocycles. The molecule has 0 fully saturated rings. The third-order valence-corrected chi connectivity index (χ3v) is 4.86. The quantitative estimate of drug-likeness (QED) is 0.184. The predicted octanol–water partition coefficient (Wildman–Crippen LogP) is 7.37. The van der Waals surface area contributed by atoms with Gasteiger partial charge in [-0.1, -0.05) is 0 Å². The summed E-state index contributed by atoms with van der Waals surface area (Å²) in [6, 6.07) is 0. The summed E-state index contributed by atoms with van der Waals surface area (Å²) in [5.41, 5.74) is 0.156. The van der Waals surface area contributed by atoms with Crippen LogP contribution in [-0.4, -0.2) is 77.4 Å². The summed E-state index contributed by atoms with van der Waals surface area (Å²) in [7, 11) is 0. The Morgan fingerprint density at radius 2 is 0.317 bits per heavy atom. The van der Waals surface area contributed by atoms with Gasteiger partial charge in [0.15, 0.2) is 0 Å². The number of halogens is 27. The smallest absolute Gasteiger partial charge is 0.315 e. The maximum absolute atomic E-state index is 14.0. The topological polar surface area (TPSA) is 27.6 Å². The van der Waals surface area contributed by atoms with Gasteiger partial charge in [0.05, 0.1) is 0 Å². The van der Waals surface area contributed by atoms with Gasteiger partial charge in [0.25, 0.3) is 0 Å². The van der Waals surface area contributed by atoms with Crippen molar-refractivity contribution in [2.75, 3.05) is 0 Å². The highest BCUT2D eigenvalue weighted by Crippen LogP contribution is 2.66. The number of hydrogen-bond acceptors (Lipinski definition) is 0. The van der Waals surface area contributed by atoms with Crippen LogP contribution >= 0.6 is 0 Å². The molecular weight excluding hydrogens is 683 g/mol. The SMILES string of the molecule is [NH3+]C(F)(C(F)(F)C(F)(F)C(F)(F)C(F)(F)C(F)(F)C(F)(F)F)C(F)(F)C(F)(F)C(F)(F)C(F)(F)C(F)(F)C(F)(F)F. The zero-order valence-corrected chi connectivity index (χ0v) is 17.4. The third kappa shape index (κ3) is 4.40. The second kappa shape index (κ2) is 9.04. The van der Waals surface area contributed by atoms with Crippen molar-refractivity contribution < 1.29 is 124 Å². The Morgan fingerprint density at radius 1 is 0.195 bits per heavy atom. The second-order valence-corrected chi connectivity index (χ2v) is 7.54. The van der Waals surface area contributed by atoms with Crippen LogP contribution in [0, 0.1) is 0 Å². The molecule has 0 aliphatic heterocycles. The van der Waals surface area contributed by atoms with E-state index in [-0.39, 0.29) is 5.73 Å². The van der Waals surface area contributed by atoms with E-state index in [9.17, 15) is 119 Å². The molecule has 0 radical (unpaired) electrons. The number of quaternary nitrogens is 1. The highest BCUT2D eigenvalue weighted by atomic mass is 19.4. The lowest BCUT2D eigenvalue weighted by atomic mass is 9.82. The molecule has 0 amide bonds. The van der Waals surface area contributed by atoms with Crippen LogP contribution in [-0.2, 0) is 0 Å². The van der Waals surface area contributed by atoms with Gasteiger partial charge < -0.3 is 5.73 Å². The van der Waals surface area contributed by atoms with Crippen molar-refractivity contribution in [1.29, 1.82) is 0 Å². The Bertz CT molecular complexity index is 885. The molecule has 0 saturated carbocycles. The van der Waals surface area contributed by atoms with Crippen LogP contribution in [0.25, 0.3) is 0 Å². The molecule has 0 heterocycles. The van der Waals surface area contributed by atoms with Crippen LogP contribution in [0.4, 0.5) is 119 Å². The fourth-order valence-corrected chi connectivity index (χ4v) is 2.23. The van der Waals surface area contributed by atoms with Crippen molar-refractivity contribution in [1.82, 2.24) is 0 Å². The fourth-order valence-electron chi connectivity index (χ4n) is 2.23. The van der Waals surface area contributed by atoms with E-state index in [4.69, 9.17) is 0 Å². The Labute approximate surface area is 203 Å². The Hall–Kier alpha value is -1.93. The van der Waals surface area contributed by atoms with Crippen molar-refractivity contribution >= 4 is 0 Å². The van der Waals surface area contributed by atoms with Gasteiger partial charge in [-0.25, -0.2) is 0 Å². The van der Waals surface area contributed by atoms with E-state index in [0.717, 1.165) is 0 Å². The number of rotatable bonds is 10. The summed E-state index contributed by atoms with van der Waals surface area (Å²) in [4.78, 5) is 0. The molecule has 0 saturated heterocycles. The van der Waals surface area contributed by atoms with E-state index in [0.29, 0.717) is 0 Å². The second-order valence-electron chi connectivity index (χ2n) is 7.54. The van der Waals surface area contributed by atoms with Crippen molar-refractivity contribution in [2.45, 2.75) is 77.4 Å². The lowest BCUT2D eigenvalue weighted by Crippen LogP contribution is -2.93. The van der Waals surface area contributed by atoms with Crippen LogP contribution in [0.2, 0.25) is 0 Å². The zero-order valence-electron chi connectivity index (χ0n) is 17.4. The Morgan fingerprint density at radius 3 is 0.463 bits per heavy atom. The van der Waals surface area contributed by atoms with Crippen molar-refractivity contribution in [2.24, 2.45) is 0 Å². The average Bonchev–Trinajstić information content (AvgIpc) is 2.70. The molecule has 0 rings (SSSR count). The van der Waals surface area contributed by atoms with Crippen molar-refractivity contribution in [3.63, 3.8) is 0 Å². The highest BCUT2D eigenvalue weighted by molar-refractivity contribution is 5.19. The molecule has 41 heavy (non-hydrogen) atoms. The van der Waals surface area contributed by atoms with E-state index >= 15 is 0 Å². The van der Waals surface area contributed by atoms with E-state index in [1.807, 2.05) is 0 Å². The van der Waals surface area contributed by atoms with Crippen molar-refractivity contribution in [3.05, 3.63) is 0 Å². The monoisotopic (exact) mass is 686 g/mol. The van der Waals surface area contributed by atoms with Crippen LogP contribution in [0.15, 0.2) is 0 Å². The Kier molecular flexibility index (Phi) is 8.62. The Balaban J connectivity index is 7.41. The molecule has 0 atom stereocenters. The molecule has 0 bridgehead atoms. The van der Waals surface area contributed by atoms with Gasteiger partial charge in [0.1, 0.15) is 0 Å². The fraction of sp³-hybridized carbons (Fsp3) is 1.00. The van der Waals surface area contributed by atoms with Gasteiger partial charge in [-0.3, -0.25) is 0 Å². The summed E-state index contributed by atoms with van der Waals surface area (Å²) in [6.07, 6.45) is -16.3. The minimum Gasteiger partial charge on any atom is -0.315 e. The lowest BCUT2D eigenvalue weighted by Gasteiger charge is -2.45. The van der Waals surface area contributed by atoms with Gasteiger partial charge in [0.2, 0.25) is 0 Å².